The van der Waals surface area contributed by atoms with Crippen LogP contribution in [-0.2, 0) is 16.1 Å². The zero-order valence-electron chi connectivity index (χ0n) is 29.6. The Hall–Kier alpha value is -3.45. The van der Waals surface area contributed by atoms with Crippen LogP contribution in [0.3, 0.4) is 0 Å². The van der Waals surface area contributed by atoms with Gasteiger partial charge in [-0.15, -0.1) is 24.8 Å². The summed E-state index contributed by atoms with van der Waals surface area (Å²) < 4.78 is 92.4. The van der Waals surface area contributed by atoms with Crippen LogP contribution in [0.2, 0.25) is 0 Å². The molecule has 188 valence electrons. The number of aromatic nitrogens is 1. The Morgan fingerprint density at radius 1 is 1.06 bits per heavy atom. The second kappa shape index (κ2) is 13.0. The van der Waals surface area contributed by atoms with Crippen molar-refractivity contribution in [3.8, 4) is 0 Å². The van der Waals surface area contributed by atoms with Gasteiger partial charge in [0.1, 0.15) is 6.56 Å². The van der Waals surface area contributed by atoms with Gasteiger partial charge in [-0.05, 0) is 60.0 Å². The Kier molecular flexibility index (Phi) is 5.91. The summed E-state index contributed by atoms with van der Waals surface area (Å²) in [5, 5.41) is 4.03. The fourth-order valence-electron chi connectivity index (χ4n) is 3.22. The Morgan fingerprint density at radius 3 is 2.58 bits per heavy atom. The van der Waals surface area contributed by atoms with Crippen molar-refractivity contribution >= 4 is 53.2 Å². The number of nitrogens with one attached hydrogen (secondary N) is 1. The minimum atomic E-state index is -2.92. The van der Waals surface area contributed by atoms with Crippen LogP contribution in [0.4, 0.5) is 5.69 Å². The molecule has 6 nitrogen and oxygen atoms in total. The standard InChI is InChI=1S/C28H27N3O3.2ClH/c1-18-3-10-25(19(2)13-18)28(33)34-17-20-4-6-21(7-5-20)26(15-29)27(32)31-24-9-8-23-16-30-12-11-22(23)14-24;;/h3-14,16,26H,15,17,29H2,1-2H3,(H,31,32);2*1H/t26-;;/m1../s1/i1D3,2D3,15D2,17D2,26D;;. The molecule has 1 heterocycles. The third kappa shape index (κ3) is 6.82. The average Bonchev–Trinajstić information content (AvgIpc) is 2.94. The number of hydrogen-bond acceptors (Lipinski definition) is 5. The molecule has 1 aromatic heterocycles. The molecule has 0 aliphatic carbocycles. The number of amides is 1. The normalized spacial score (nSPS) is 18.0. The van der Waals surface area contributed by atoms with Crippen molar-refractivity contribution in [1.29, 1.82) is 0 Å². The Labute approximate surface area is 238 Å². The number of anilines is 1. The Balaban J connectivity index is 0.00000384. The Morgan fingerprint density at radius 2 is 1.86 bits per heavy atom. The molecule has 3 N–H and O–H groups in total. The molecule has 0 aliphatic rings. The van der Waals surface area contributed by atoms with Crippen LogP contribution in [0.5, 0.6) is 0 Å². The van der Waals surface area contributed by atoms with Gasteiger partial charge in [0.2, 0.25) is 5.91 Å². The number of pyridine rings is 1. The lowest BCUT2D eigenvalue weighted by molar-refractivity contribution is -0.117. The average molecular weight is 538 g/mol. The molecule has 0 unspecified atom stereocenters. The van der Waals surface area contributed by atoms with E-state index in [0.717, 1.165) is 53.2 Å². The van der Waals surface area contributed by atoms with Gasteiger partial charge in [0.25, 0.3) is 0 Å². The lowest BCUT2D eigenvalue weighted by Gasteiger charge is -2.16. The number of nitrogens with two attached hydrogens (primary N) is 1. The lowest BCUT2D eigenvalue weighted by atomic mass is 9.97. The SMILES string of the molecule is Cl.Cl.[2H]C([2H])([2H])c1ccc(C(=O)OC([2H])([2H])c2ccc([C@]([2H])(C(=O)Nc3ccc4cnccc4c3)C([2H])([2H])N)cc2)c(C([2H])([2H])[2H])c1. The smallest absolute Gasteiger partial charge is 0.338 e. The van der Waals surface area contributed by atoms with Crippen molar-refractivity contribution in [1.82, 2.24) is 4.98 Å². The number of hydrogen-bond donors (Lipinski definition) is 2. The second-order valence-electron chi connectivity index (χ2n) is 7.24. The van der Waals surface area contributed by atoms with Crippen molar-refractivity contribution in [3.05, 3.63) is 107 Å². The summed E-state index contributed by atoms with van der Waals surface area (Å²) in [5.41, 5.74) is 3.89. The first-order chi connectivity index (χ1) is 20.6. The maximum absolute atomic E-state index is 13.3. The summed E-state index contributed by atoms with van der Waals surface area (Å²) in [5.74, 6) is -5.21. The van der Waals surface area contributed by atoms with Crippen LogP contribution in [0.1, 0.15) is 53.6 Å². The maximum Gasteiger partial charge on any atom is 0.338 e. The minimum Gasteiger partial charge on any atom is -0.457 e. The summed E-state index contributed by atoms with van der Waals surface area (Å²) >= 11 is 0. The van der Waals surface area contributed by atoms with E-state index in [4.69, 9.17) is 25.5 Å². The van der Waals surface area contributed by atoms with Gasteiger partial charge in [0.05, 0.1) is 14.2 Å². The first kappa shape index (κ1) is 16.3. The number of ether oxygens (including phenoxy) is 1. The van der Waals surface area contributed by atoms with Crippen molar-refractivity contribution in [2.75, 3.05) is 11.8 Å². The highest BCUT2D eigenvalue weighted by molar-refractivity contribution is 5.98. The van der Waals surface area contributed by atoms with Crippen LogP contribution in [0, 0.1) is 13.7 Å². The minimum absolute atomic E-state index is 0. The largest absolute Gasteiger partial charge is 0.457 e. The monoisotopic (exact) mass is 536 g/mol. The van der Waals surface area contributed by atoms with E-state index in [-0.39, 0.29) is 47.2 Å². The highest BCUT2D eigenvalue weighted by atomic mass is 35.5. The predicted octanol–water partition coefficient (Wildman–Crippen LogP) is 5.73. The van der Waals surface area contributed by atoms with E-state index in [9.17, 15) is 9.59 Å². The number of benzene rings is 3. The molecular weight excluding hydrogens is 497 g/mol. The van der Waals surface area contributed by atoms with Crippen molar-refractivity contribution in [2.24, 2.45) is 5.73 Å². The van der Waals surface area contributed by atoms with Crippen LogP contribution in [0.15, 0.2) is 79.1 Å². The molecule has 8 heteroatoms. The topological polar surface area (TPSA) is 94.3 Å². The lowest BCUT2D eigenvalue weighted by Crippen LogP contribution is -2.27. The fraction of sp³-hybridized carbons (Fsp3) is 0.179. The fourth-order valence-corrected chi connectivity index (χ4v) is 3.22. The van der Waals surface area contributed by atoms with E-state index in [1.807, 2.05) is 0 Å². The Bertz CT molecular complexity index is 1760. The number of carbonyl (C=O) groups excluding carboxylic acids is 2. The number of halogens is 2. The number of fused-ring (bicyclic) bond motifs is 1. The van der Waals surface area contributed by atoms with E-state index in [2.05, 4.69) is 10.3 Å². The van der Waals surface area contributed by atoms with Gasteiger partial charge >= 0.3 is 5.97 Å². The number of nitrogens with zero attached hydrogens (tertiary/aromatic N) is 1. The first-order valence-corrected chi connectivity index (χ1v) is 10.1. The van der Waals surface area contributed by atoms with E-state index in [1.165, 1.54) is 0 Å². The van der Waals surface area contributed by atoms with E-state index in [1.54, 1.807) is 36.7 Å². The van der Waals surface area contributed by atoms with Crippen LogP contribution in [-0.4, -0.2) is 23.4 Å². The zero-order chi connectivity index (χ0) is 33.6. The third-order valence-corrected chi connectivity index (χ3v) is 4.94. The zero-order valence-corrected chi connectivity index (χ0v) is 20.2. The van der Waals surface area contributed by atoms with Gasteiger partial charge in [0.15, 0.2) is 0 Å². The maximum atomic E-state index is 13.3. The molecule has 0 radical (unpaired) electrons. The number of rotatable bonds is 7. The first-order valence-electron chi connectivity index (χ1n) is 15.6. The van der Waals surface area contributed by atoms with Crippen LogP contribution < -0.4 is 11.1 Å². The van der Waals surface area contributed by atoms with Gasteiger partial charge in [-0.1, -0.05) is 48.0 Å². The molecule has 1 amide bonds. The van der Waals surface area contributed by atoms with Crippen molar-refractivity contribution in [2.45, 2.75) is 26.2 Å². The van der Waals surface area contributed by atoms with Crippen molar-refractivity contribution in [3.63, 3.8) is 0 Å². The molecule has 0 saturated heterocycles. The molecule has 0 spiro atoms. The van der Waals surface area contributed by atoms with Gasteiger partial charge in [-0.3, -0.25) is 9.78 Å². The molecule has 0 aliphatic heterocycles. The molecule has 4 aromatic rings. The van der Waals surface area contributed by atoms with Gasteiger partial charge in [-0.2, -0.15) is 0 Å². The van der Waals surface area contributed by atoms with Crippen LogP contribution in [0.25, 0.3) is 10.8 Å². The van der Waals surface area contributed by atoms with Gasteiger partial charge in [0, 0.05) is 42.3 Å². The quantitative estimate of drug-likeness (QED) is 0.294. The molecule has 0 bridgehead atoms. The summed E-state index contributed by atoms with van der Waals surface area (Å²) in [4.78, 5) is 30.3. The van der Waals surface area contributed by atoms with Crippen LogP contribution >= 0.6 is 24.8 Å². The number of aryl methyl sites for hydroxylation is 2. The third-order valence-electron chi connectivity index (χ3n) is 4.94. The molecule has 0 fully saturated rings. The molecule has 4 rings (SSSR count). The molecular formula is C28H29Cl2N3O3. The van der Waals surface area contributed by atoms with E-state index >= 15 is 0 Å². The molecule has 36 heavy (non-hydrogen) atoms. The summed E-state index contributed by atoms with van der Waals surface area (Å²) in [7, 11) is 0. The predicted molar refractivity (Wildman–Crippen MR) is 148 cm³/mol. The number of esters is 1. The highest BCUT2D eigenvalue weighted by Crippen LogP contribution is 2.22. The molecule has 0 saturated carbocycles. The number of carbonyl (C=O) groups is 2. The summed E-state index contributed by atoms with van der Waals surface area (Å²) in [6, 6.07) is 13.6. The van der Waals surface area contributed by atoms with Crippen molar-refractivity contribution < 1.29 is 29.4 Å². The molecule has 3 aromatic carbocycles. The molecule has 1 atom stereocenters. The van der Waals surface area contributed by atoms with Gasteiger partial charge in [-0.25, -0.2) is 4.79 Å². The highest BCUT2D eigenvalue weighted by Gasteiger charge is 2.19. The summed E-state index contributed by atoms with van der Waals surface area (Å²) in [6.45, 7) is -11.4. The van der Waals surface area contributed by atoms with Gasteiger partial charge < -0.3 is 15.8 Å². The summed E-state index contributed by atoms with van der Waals surface area (Å²) in [6.07, 6.45) is 3.18. The van der Waals surface area contributed by atoms with E-state index < -0.39 is 55.7 Å². The second-order valence-corrected chi connectivity index (χ2v) is 7.24. The van der Waals surface area contributed by atoms with E-state index in [0.29, 0.717) is 0 Å².